The first-order chi connectivity index (χ1) is 16.4. The maximum Gasteiger partial charge on any atom is 0.254 e. The van der Waals surface area contributed by atoms with E-state index in [9.17, 15) is 14.0 Å². The molecule has 2 saturated heterocycles. The van der Waals surface area contributed by atoms with Crippen LogP contribution in [0.5, 0.6) is 0 Å². The van der Waals surface area contributed by atoms with Crippen LogP contribution in [0.2, 0.25) is 5.02 Å². The molecule has 34 heavy (non-hydrogen) atoms. The van der Waals surface area contributed by atoms with Gasteiger partial charge in [-0.25, -0.2) is 4.39 Å². The molecule has 1 unspecified atom stereocenters. The third kappa shape index (κ3) is 5.95. The summed E-state index contributed by atoms with van der Waals surface area (Å²) in [5.74, 6) is -0.571. The molecule has 2 aromatic rings. The van der Waals surface area contributed by atoms with Crippen LogP contribution < -0.4 is 5.32 Å². The number of hydrogen-bond acceptors (Lipinski definition) is 4. The fraction of sp³-hybridized carbons (Fsp3) is 0.462. The number of aryl methyl sites for hydroxylation is 1. The number of likely N-dealkylation sites (tertiary alicyclic amines) is 1. The summed E-state index contributed by atoms with van der Waals surface area (Å²) in [6.45, 7) is 6.72. The first-order valence-corrected chi connectivity index (χ1v) is 12.3. The number of amides is 2. The minimum atomic E-state index is -0.370. The van der Waals surface area contributed by atoms with E-state index in [2.05, 4.69) is 15.1 Å². The van der Waals surface area contributed by atoms with Gasteiger partial charge in [0.05, 0.1) is 12.6 Å². The molecular weight excluding hydrogens is 455 g/mol. The topological polar surface area (TPSA) is 55.9 Å². The van der Waals surface area contributed by atoms with Crippen LogP contribution in [-0.4, -0.2) is 78.9 Å². The highest BCUT2D eigenvalue weighted by Gasteiger charge is 2.27. The molecule has 0 saturated carbocycles. The van der Waals surface area contributed by atoms with Gasteiger partial charge < -0.3 is 10.2 Å². The molecule has 6 nitrogen and oxygen atoms in total. The minimum Gasteiger partial charge on any atom is -0.353 e. The van der Waals surface area contributed by atoms with E-state index in [-0.39, 0.29) is 30.2 Å². The van der Waals surface area contributed by atoms with Crippen LogP contribution in [0, 0.1) is 12.7 Å². The molecule has 0 radical (unpaired) electrons. The number of carbonyl (C=O) groups is 2. The molecule has 0 aliphatic carbocycles. The maximum absolute atomic E-state index is 13.8. The van der Waals surface area contributed by atoms with Crippen molar-refractivity contribution >= 4 is 23.4 Å². The van der Waals surface area contributed by atoms with Crippen molar-refractivity contribution in [1.29, 1.82) is 0 Å². The zero-order valence-corrected chi connectivity index (χ0v) is 20.4. The molecule has 2 amide bonds. The first kappa shape index (κ1) is 24.6. The van der Waals surface area contributed by atoms with Gasteiger partial charge >= 0.3 is 0 Å². The largest absolute Gasteiger partial charge is 0.353 e. The summed E-state index contributed by atoms with van der Waals surface area (Å²) < 4.78 is 13.8. The predicted molar refractivity (Wildman–Crippen MR) is 131 cm³/mol. The quantitative estimate of drug-likeness (QED) is 0.651. The van der Waals surface area contributed by atoms with Crippen LogP contribution in [0.15, 0.2) is 42.5 Å². The third-order valence-corrected chi connectivity index (χ3v) is 7.13. The predicted octanol–water partition coefficient (Wildman–Crippen LogP) is 3.50. The molecule has 1 atom stereocenters. The van der Waals surface area contributed by atoms with Crippen LogP contribution in [0.3, 0.4) is 0 Å². The van der Waals surface area contributed by atoms with Crippen molar-refractivity contribution in [1.82, 2.24) is 20.0 Å². The molecule has 1 N–H and O–H groups in total. The summed E-state index contributed by atoms with van der Waals surface area (Å²) in [7, 11) is 0. The number of piperazine rings is 1. The van der Waals surface area contributed by atoms with Crippen LogP contribution in [-0.2, 0) is 4.79 Å². The summed E-state index contributed by atoms with van der Waals surface area (Å²) in [6, 6.07) is 12.5. The second kappa shape index (κ2) is 11.3. The highest BCUT2D eigenvalue weighted by Crippen LogP contribution is 2.29. The Kier molecular flexibility index (Phi) is 8.19. The van der Waals surface area contributed by atoms with Gasteiger partial charge in [0.2, 0.25) is 5.91 Å². The highest BCUT2D eigenvalue weighted by molar-refractivity contribution is 6.31. The number of carbonyl (C=O) groups excluding carboxylic acids is 2. The summed E-state index contributed by atoms with van der Waals surface area (Å²) >= 11 is 6.47. The van der Waals surface area contributed by atoms with Crippen LogP contribution >= 0.6 is 11.6 Å². The van der Waals surface area contributed by atoms with E-state index < -0.39 is 0 Å². The van der Waals surface area contributed by atoms with Crippen molar-refractivity contribution in [3.05, 3.63) is 70.0 Å². The van der Waals surface area contributed by atoms with E-state index in [1.165, 1.54) is 6.07 Å². The fourth-order valence-corrected chi connectivity index (χ4v) is 4.98. The summed E-state index contributed by atoms with van der Waals surface area (Å²) in [6.07, 6.45) is 2.32. The molecule has 0 spiro atoms. The van der Waals surface area contributed by atoms with Crippen molar-refractivity contribution in [2.75, 3.05) is 52.4 Å². The number of nitrogens with one attached hydrogen (secondary N) is 1. The zero-order valence-electron chi connectivity index (χ0n) is 19.6. The Morgan fingerprint density at radius 2 is 1.74 bits per heavy atom. The summed E-state index contributed by atoms with van der Waals surface area (Å²) in [5, 5.41) is 3.83. The van der Waals surface area contributed by atoms with Gasteiger partial charge in [0, 0.05) is 43.3 Å². The molecule has 4 rings (SSSR count). The van der Waals surface area contributed by atoms with Gasteiger partial charge in [0.25, 0.3) is 5.91 Å². The third-order valence-electron chi connectivity index (χ3n) is 6.78. The Bertz CT molecular complexity index is 1020. The fourth-order valence-electron chi connectivity index (χ4n) is 4.72. The number of nitrogens with zero attached hydrogens (tertiary/aromatic N) is 3. The Morgan fingerprint density at radius 3 is 2.41 bits per heavy atom. The van der Waals surface area contributed by atoms with E-state index in [4.69, 9.17) is 11.6 Å². The minimum absolute atomic E-state index is 0.0309. The van der Waals surface area contributed by atoms with Gasteiger partial charge in [-0.1, -0.05) is 35.9 Å². The summed E-state index contributed by atoms with van der Waals surface area (Å²) in [5.41, 5.74) is 1.93. The first-order valence-electron chi connectivity index (χ1n) is 12.0. The number of rotatable bonds is 7. The molecule has 8 heteroatoms. The smallest absolute Gasteiger partial charge is 0.254 e. The lowest BCUT2D eigenvalue weighted by molar-refractivity contribution is -0.122. The van der Waals surface area contributed by atoms with E-state index >= 15 is 0 Å². The number of hydrogen-bond donors (Lipinski definition) is 1. The van der Waals surface area contributed by atoms with Gasteiger partial charge in [0.1, 0.15) is 5.82 Å². The zero-order chi connectivity index (χ0) is 24.1. The van der Waals surface area contributed by atoms with E-state index in [1.54, 1.807) is 24.0 Å². The molecule has 2 heterocycles. The Morgan fingerprint density at radius 1 is 1.03 bits per heavy atom. The second-order valence-electron chi connectivity index (χ2n) is 9.12. The monoisotopic (exact) mass is 486 g/mol. The molecule has 2 aromatic carbocycles. The van der Waals surface area contributed by atoms with Crippen molar-refractivity contribution in [3.63, 3.8) is 0 Å². The molecular formula is C26H32ClFN4O2. The normalized spacial score (nSPS) is 18.1. The van der Waals surface area contributed by atoms with Gasteiger partial charge in [-0.15, -0.1) is 0 Å². The molecule has 182 valence electrons. The number of halogens is 2. The van der Waals surface area contributed by atoms with Gasteiger partial charge in [-0.3, -0.25) is 19.4 Å². The second-order valence-corrected chi connectivity index (χ2v) is 9.52. The molecule has 2 fully saturated rings. The highest BCUT2D eigenvalue weighted by atomic mass is 35.5. The Labute approximate surface area is 205 Å². The van der Waals surface area contributed by atoms with Crippen LogP contribution in [0.1, 0.15) is 40.4 Å². The summed E-state index contributed by atoms with van der Waals surface area (Å²) in [4.78, 5) is 31.6. The van der Waals surface area contributed by atoms with E-state index in [0.29, 0.717) is 43.9 Å². The molecule has 2 aliphatic rings. The lowest BCUT2D eigenvalue weighted by Gasteiger charge is -2.34. The van der Waals surface area contributed by atoms with Crippen molar-refractivity contribution in [2.45, 2.75) is 25.8 Å². The SMILES string of the molecule is Cc1ccc(C(=O)N2CCN(CC(=O)NCC(c3ccccc3Cl)N3CCCC3)CC2)cc1F. The Balaban J connectivity index is 1.27. The van der Waals surface area contributed by atoms with Crippen LogP contribution in [0.4, 0.5) is 4.39 Å². The van der Waals surface area contributed by atoms with Gasteiger partial charge in [0.15, 0.2) is 0 Å². The average molecular weight is 487 g/mol. The van der Waals surface area contributed by atoms with Crippen LogP contribution in [0.25, 0.3) is 0 Å². The Hall–Kier alpha value is -2.48. The molecule has 0 aromatic heterocycles. The molecule has 2 aliphatic heterocycles. The van der Waals surface area contributed by atoms with E-state index in [0.717, 1.165) is 36.5 Å². The van der Waals surface area contributed by atoms with Crippen molar-refractivity contribution < 1.29 is 14.0 Å². The van der Waals surface area contributed by atoms with Gasteiger partial charge in [-0.05, 0) is 62.2 Å². The lowest BCUT2D eigenvalue weighted by atomic mass is 10.1. The number of benzene rings is 2. The average Bonchev–Trinajstić information content (AvgIpc) is 3.37. The standard InChI is InChI=1S/C26H32ClFN4O2/c1-19-8-9-20(16-23(19)28)26(34)32-14-12-30(13-15-32)18-25(33)29-17-24(31-10-4-5-11-31)21-6-2-3-7-22(21)27/h2-3,6-9,16,24H,4-5,10-15,17-18H2,1H3,(H,29,33). The maximum atomic E-state index is 13.8. The van der Waals surface area contributed by atoms with E-state index in [1.807, 2.05) is 24.3 Å². The van der Waals surface area contributed by atoms with Crippen molar-refractivity contribution in [2.24, 2.45) is 0 Å². The molecule has 0 bridgehead atoms. The van der Waals surface area contributed by atoms with Crippen molar-refractivity contribution in [3.8, 4) is 0 Å². The van der Waals surface area contributed by atoms with Gasteiger partial charge in [-0.2, -0.15) is 0 Å². The lowest BCUT2D eigenvalue weighted by Crippen LogP contribution is -2.51.